The molecule has 0 aromatic carbocycles. The third-order valence-corrected chi connectivity index (χ3v) is 3.01. The van der Waals surface area contributed by atoms with Crippen molar-refractivity contribution in [2.75, 3.05) is 20.1 Å². The summed E-state index contributed by atoms with van der Waals surface area (Å²) < 4.78 is 1.93. The molecule has 1 aliphatic heterocycles. The van der Waals surface area contributed by atoms with E-state index >= 15 is 0 Å². The van der Waals surface area contributed by atoms with Gasteiger partial charge in [0.1, 0.15) is 0 Å². The smallest absolute Gasteiger partial charge is 0.254 e. The molecule has 2 heterocycles. The molecule has 16 heavy (non-hydrogen) atoms. The number of nitrogens with one attached hydrogen (secondary N) is 2. The lowest BCUT2D eigenvalue weighted by molar-refractivity contribution is 0.0963. The zero-order chi connectivity index (χ0) is 11.4. The zero-order valence-electron chi connectivity index (χ0n) is 9.57. The molecule has 0 aliphatic carbocycles. The molecule has 1 atom stereocenters. The van der Waals surface area contributed by atoms with Crippen molar-refractivity contribution in [3.8, 4) is 0 Å². The molecule has 1 aromatic rings. The largest absolute Gasteiger partial charge is 0.355 e. The Morgan fingerprint density at radius 3 is 3.25 bits per heavy atom. The van der Waals surface area contributed by atoms with Gasteiger partial charge in [0.15, 0.2) is 0 Å². The van der Waals surface area contributed by atoms with E-state index in [0.717, 1.165) is 25.9 Å². The summed E-state index contributed by atoms with van der Waals surface area (Å²) in [6.45, 7) is 2.11. The van der Waals surface area contributed by atoms with Crippen LogP contribution in [0.3, 0.4) is 0 Å². The molecule has 5 nitrogen and oxygen atoms in total. The Kier molecular flexibility index (Phi) is 3.56. The Morgan fingerprint density at radius 1 is 1.56 bits per heavy atom. The number of carbonyl (C=O) groups is 1. The van der Waals surface area contributed by atoms with Crippen LogP contribution in [0, 0.1) is 0 Å². The number of hydrogen-bond donors (Lipinski definition) is 2. The summed E-state index contributed by atoms with van der Waals surface area (Å²) in [5.74, 6) is -0.0713. The molecule has 2 rings (SSSR count). The quantitative estimate of drug-likeness (QED) is 0.768. The molecular weight excluding hydrogens is 204 g/mol. The Hall–Kier alpha value is -1.36. The fourth-order valence-corrected chi connectivity index (χ4v) is 2.06. The van der Waals surface area contributed by atoms with Gasteiger partial charge in [-0.25, -0.2) is 0 Å². The average molecular weight is 222 g/mol. The van der Waals surface area contributed by atoms with Crippen molar-refractivity contribution in [2.24, 2.45) is 0 Å². The van der Waals surface area contributed by atoms with Crippen molar-refractivity contribution in [3.05, 3.63) is 18.0 Å². The second-order valence-corrected chi connectivity index (χ2v) is 4.12. The topological polar surface area (TPSA) is 59.0 Å². The number of hydrogen-bond acceptors (Lipinski definition) is 3. The van der Waals surface area contributed by atoms with Gasteiger partial charge in [0.25, 0.3) is 5.91 Å². The van der Waals surface area contributed by atoms with Crippen molar-refractivity contribution >= 4 is 5.91 Å². The molecule has 1 saturated heterocycles. The van der Waals surface area contributed by atoms with Crippen LogP contribution in [0.15, 0.2) is 12.4 Å². The second-order valence-electron chi connectivity index (χ2n) is 4.12. The van der Waals surface area contributed by atoms with Crippen LogP contribution < -0.4 is 10.6 Å². The van der Waals surface area contributed by atoms with Gasteiger partial charge in [-0.3, -0.25) is 9.48 Å². The lowest BCUT2D eigenvalue weighted by Gasteiger charge is -2.13. The third kappa shape index (κ3) is 2.41. The van der Waals surface area contributed by atoms with Crippen LogP contribution in [0.4, 0.5) is 0 Å². The monoisotopic (exact) mass is 222 g/mol. The molecule has 0 saturated carbocycles. The summed E-state index contributed by atoms with van der Waals surface area (Å²) in [6, 6.07) is 0.424. The van der Waals surface area contributed by atoms with E-state index < -0.39 is 0 Å². The standard InChI is InChI=1S/C11H18N4O/c1-12-11(16)9-7-14-15(8-9)10-3-2-5-13-6-4-10/h7-8,10,13H,2-6H2,1H3,(H,12,16). The maximum atomic E-state index is 11.4. The minimum atomic E-state index is -0.0713. The van der Waals surface area contributed by atoms with E-state index in [-0.39, 0.29) is 5.91 Å². The molecule has 1 unspecified atom stereocenters. The first kappa shape index (κ1) is 11.1. The van der Waals surface area contributed by atoms with Gasteiger partial charge >= 0.3 is 0 Å². The first-order valence-corrected chi connectivity index (χ1v) is 5.78. The van der Waals surface area contributed by atoms with E-state index in [1.165, 1.54) is 6.42 Å². The number of nitrogens with zero attached hydrogens (tertiary/aromatic N) is 2. The van der Waals surface area contributed by atoms with Crippen molar-refractivity contribution in [2.45, 2.75) is 25.3 Å². The van der Waals surface area contributed by atoms with E-state index in [1.807, 2.05) is 10.9 Å². The van der Waals surface area contributed by atoms with Crippen molar-refractivity contribution in [1.82, 2.24) is 20.4 Å². The Labute approximate surface area is 95.2 Å². The Balaban J connectivity index is 2.08. The Bertz CT molecular complexity index is 353. The molecule has 2 N–H and O–H groups in total. The summed E-state index contributed by atoms with van der Waals surface area (Å²) in [4.78, 5) is 11.4. The zero-order valence-corrected chi connectivity index (χ0v) is 9.57. The van der Waals surface area contributed by atoms with Gasteiger partial charge in [0.05, 0.1) is 17.8 Å². The SMILES string of the molecule is CNC(=O)c1cnn(C2CCCNCC2)c1. The highest BCUT2D eigenvalue weighted by Crippen LogP contribution is 2.19. The molecule has 1 aromatic heterocycles. The predicted octanol–water partition coefficient (Wildman–Crippen LogP) is 0.557. The van der Waals surface area contributed by atoms with E-state index in [1.54, 1.807) is 13.2 Å². The summed E-state index contributed by atoms with van der Waals surface area (Å²) in [6.07, 6.45) is 6.85. The average Bonchev–Trinajstić information content (AvgIpc) is 2.64. The summed E-state index contributed by atoms with van der Waals surface area (Å²) in [5, 5.41) is 10.3. The van der Waals surface area contributed by atoms with Crippen molar-refractivity contribution < 1.29 is 4.79 Å². The highest BCUT2D eigenvalue weighted by atomic mass is 16.1. The number of aromatic nitrogens is 2. The lowest BCUT2D eigenvalue weighted by Crippen LogP contribution is -2.17. The van der Waals surface area contributed by atoms with Gasteiger partial charge in [0.2, 0.25) is 0 Å². The van der Waals surface area contributed by atoms with Crippen LogP contribution in [0.5, 0.6) is 0 Å². The van der Waals surface area contributed by atoms with Gasteiger partial charge in [-0.1, -0.05) is 0 Å². The Morgan fingerprint density at radius 2 is 2.44 bits per heavy atom. The summed E-state index contributed by atoms with van der Waals surface area (Å²) in [7, 11) is 1.63. The van der Waals surface area contributed by atoms with E-state index in [0.29, 0.717) is 11.6 Å². The minimum absolute atomic E-state index is 0.0713. The van der Waals surface area contributed by atoms with Gasteiger partial charge in [-0.15, -0.1) is 0 Å². The van der Waals surface area contributed by atoms with E-state index in [4.69, 9.17) is 0 Å². The molecule has 0 radical (unpaired) electrons. The fourth-order valence-electron chi connectivity index (χ4n) is 2.06. The molecule has 1 amide bonds. The van der Waals surface area contributed by atoms with Gasteiger partial charge in [-0.05, 0) is 32.4 Å². The molecule has 0 bridgehead atoms. The second kappa shape index (κ2) is 5.12. The minimum Gasteiger partial charge on any atom is -0.355 e. The van der Waals surface area contributed by atoms with E-state index in [9.17, 15) is 4.79 Å². The highest BCUT2D eigenvalue weighted by Gasteiger charge is 2.16. The first-order valence-electron chi connectivity index (χ1n) is 5.78. The van der Waals surface area contributed by atoms with Gasteiger partial charge < -0.3 is 10.6 Å². The van der Waals surface area contributed by atoms with Crippen LogP contribution in [-0.4, -0.2) is 35.8 Å². The molecule has 1 aliphatic rings. The van der Waals surface area contributed by atoms with Crippen LogP contribution >= 0.6 is 0 Å². The van der Waals surface area contributed by atoms with Crippen LogP contribution in [-0.2, 0) is 0 Å². The molecule has 1 fully saturated rings. The maximum Gasteiger partial charge on any atom is 0.254 e. The predicted molar refractivity (Wildman–Crippen MR) is 61.4 cm³/mol. The van der Waals surface area contributed by atoms with Crippen molar-refractivity contribution in [3.63, 3.8) is 0 Å². The molecular formula is C11H18N4O. The maximum absolute atomic E-state index is 11.4. The third-order valence-electron chi connectivity index (χ3n) is 3.01. The van der Waals surface area contributed by atoms with Crippen molar-refractivity contribution in [1.29, 1.82) is 0 Å². The van der Waals surface area contributed by atoms with Crippen LogP contribution in [0.2, 0.25) is 0 Å². The molecule has 5 heteroatoms. The van der Waals surface area contributed by atoms with Gasteiger partial charge in [0, 0.05) is 13.2 Å². The van der Waals surface area contributed by atoms with Crippen LogP contribution in [0.1, 0.15) is 35.7 Å². The fraction of sp³-hybridized carbons (Fsp3) is 0.636. The lowest BCUT2D eigenvalue weighted by atomic mass is 10.1. The highest BCUT2D eigenvalue weighted by molar-refractivity contribution is 5.93. The van der Waals surface area contributed by atoms with E-state index in [2.05, 4.69) is 15.7 Å². The summed E-state index contributed by atoms with van der Waals surface area (Å²) in [5.41, 5.74) is 0.639. The normalized spacial score (nSPS) is 21.4. The number of amides is 1. The molecule has 88 valence electrons. The number of carbonyl (C=O) groups excluding carboxylic acids is 1. The summed E-state index contributed by atoms with van der Waals surface area (Å²) >= 11 is 0. The molecule has 0 spiro atoms. The van der Waals surface area contributed by atoms with Crippen LogP contribution in [0.25, 0.3) is 0 Å². The van der Waals surface area contributed by atoms with Gasteiger partial charge in [-0.2, -0.15) is 5.10 Å². The number of rotatable bonds is 2. The first-order chi connectivity index (χ1) is 7.81.